The minimum absolute atomic E-state index is 0.0647. The number of hydrogen-bond donors (Lipinski definition) is 1. The quantitative estimate of drug-likeness (QED) is 0.740. The lowest BCUT2D eigenvalue weighted by molar-refractivity contribution is -0.116. The highest BCUT2D eigenvalue weighted by atomic mass is 16.2. The molecule has 0 saturated heterocycles. The topological polar surface area (TPSA) is 86.7 Å². The van der Waals surface area contributed by atoms with Crippen LogP contribution in [-0.2, 0) is 24.4 Å². The van der Waals surface area contributed by atoms with Gasteiger partial charge in [0.2, 0.25) is 5.91 Å². The summed E-state index contributed by atoms with van der Waals surface area (Å²) in [6.45, 7) is 6.99. The fourth-order valence-electron chi connectivity index (χ4n) is 2.92. The summed E-state index contributed by atoms with van der Waals surface area (Å²) in [5, 5.41) is 7.15. The molecule has 0 unspecified atom stereocenters. The van der Waals surface area contributed by atoms with Crippen molar-refractivity contribution in [2.24, 2.45) is 0 Å². The van der Waals surface area contributed by atoms with Crippen LogP contribution in [0.25, 0.3) is 11.2 Å². The summed E-state index contributed by atoms with van der Waals surface area (Å²) in [4.78, 5) is 29.4. The van der Waals surface area contributed by atoms with Gasteiger partial charge in [0.25, 0.3) is 0 Å². The number of aryl methyl sites for hydroxylation is 3. The minimum Gasteiger partial charge on any atom is -0.309 e. The zero-order chi connectivity index (χ0) is 18.0. The standard InChI is InChI=1S/C17H22N6O2/c1-4-9-23-15(12(3)10-19-23)20-14(24)11-22-13-7-6-8-18-16(13)21(5-2)17(22)25/h6-8,10H,4-5,9,11H2,1-3H3,(H,20,24). The Balaban J connectivity index is 1.90. The van der Waals surface area contributed by atoms with Gasteiger partial charge in [0.15, 0.2) is 5.65 Å². The summed E-state index contributed by atoms with van der Waals surface area (Å²) < 4.78 is 4.79. The molecule has 0 fully saturated rings. The Morgan fingerprint density at radius 2 is 2.08 bits per heavy atom. The van der Waals surface area contributed by atoms with Gasteiger partial charge in [-0.15, -0.1) is 0 Å². The van der Waals surface area contributed by atoms with E-state index in [2.05, 4.69) is 22.3 Å². The monoisotopic (exact) mass is 342 g/mol. The van der Waals surface area contributed by atoms with Gasteiger partial charge in [-0.3, -0.25) is 13.9 Å². The van der Waals surface area contributed by atoms with Crippen molar-refractivity contribution in [1.29, 1.82) is 0 Å². The number of fused-ring (bicyclic) bond motifs is 1. The number of carbonyl (C=O) groups is 1. The van der Waals surface area contributed by atoms with Crippen LogP contribution >= 0.6 is 0 Å². The maximum Gasteiger partial charge on any atom is 0.330 e. The highest BCUT2D eigenvalue weighted by Gasteiger charge is 2.17. The number of hydrogen-bond acceptors (Lipinski definition) is 4. The molecule has 8 nitrogen and oxygen atoms in total. The zero-order valence-electron chi connectivity index (χ0n) is 14.7. The van der Waals surface area contributed by atoms with Crippen molar-refractivity contribution >= 4 is 22.9 Å². The highest BCUT2D eigenvalue weighted by Crippen LogP contribution is 2.15. The van der Waals surface area contributed by atoms with Crippen molar-refractivity contribution in [3.8, 4) is 0 Å². The molecule has 0 aliphatic carbocycles. The average Bonchev–Trinajstić information content (AvgIpc) is 3.07. The first-order valence-electron chi connectivity index (χ1n) is 8.43. The molecule has 3 aromatic rings. The summed E-state index contributed by atoms with van der Waals surface area (Å²) in [7, 11) is 0. The van der Waals surface area contributed by atoms with Gasteiger partial charge in [0.1, 0.15) is 12.4 Å². The third kappa shape index (κ3) is 3.07. The van der Waals surface area contributed by atoms with Crippen molar-refractivity contribution in [3.63, 3.8) is 0 Å². The van der Waals surface area contributed by atoms with Gasteiger partial charge < -0.3 is 5.32 Å². The number of nitrogens with one attached hydrogen (secondary N) is 1. The van der Waals surface area contributed by atoms with Gasteiger partial charge in [-0.05, 0) is 32.4 Å². The summed E-state index contributed by atoms with van der Waals surface area (Å²) in [5.74, 6) is 0.416. The van der Waals surface area contributed by atoms with Crippen LogP contribution in [0.1, 0.15) is 25.8 Å². The second-order valence-electron chi connectivity index (χ2n) is 5.91. The molecule has 0 atom stereocenters. The fraction of sp³-hybridized carbons (Fsp3) is 0.412. The predicted molar refractivity (Wildman–Crippen MR) is 95.6 cm³/mol. The number of aromatic nitrogens is 5. The van der Waals surface area contributed by atoms with Gasteiger partial charge in [-0.25, -0.2) is 14.5 Å². The Kier molecular flexibility index (Phi) is 4.69. The van der Waals surface area contributed by atoms with E-state index in [1.807, 2.05) is 13.8 Å². The fourth-order valence-corrected chi connectivity index (χ4v) is 2.92. The van der Waals surface area contributed by atoms with Gasteiger partial charge in [-0.2, -0.15) is 5.10 Å². The molecular formula is C17H22N6O2. The Morgan fingerprint density at radius 1 is 1.28 bits per heavy atom. The van der Waals surface area contributed by atoms with Gasteiger partial charge >= 0.3 is 5.69 Å². The average molecular weight is 342 g/mol. The molecule has 0 spiro atoms. The smallest absolute Gasteiger partial charge is 0.309 e. The first-order chi connectivity index (χ1) is 12.1. The van der Waals surface area contributed by atoms with E-state index in [0.29, 0.717) is 23.5 Å². The lowest BCUT2D eigenvalue weighted by Crippen LogP contribution is -2.29. The Bertz CT molecular complexity index is 965. The van der Waals surface area contributed by atoms with Crippen LogP contribution in [0.5, 0.6) is 0 Å². The minimum atomic E-state index is -0.262. The van der Waals surface area contributed by atoms with Gasteiger partial charge in [-0.1, -0.05) is 6.92 Å². The van der Waals surface area contributed by atoms with Gasteiger partial charge in [0, 0.05) is 24.8 Å². The summed E-state index contributed by atoms with van der Waals surface area (Å²) >= 11 is 0. The molecule has 3 aromatic heterocycles. The number of anilines is 1. The molecule has 8 heteroatoms. The number of pyridine rings is 1. The van der Waals surface area contributed by atoms with E-state index in [1.165, 1.54) is 4.57 Å². The molecule has 0 aliphatic rings. The molecule has 0 radical (unpaired) electrons. The van der Waals surface area contributed by atoms with E-state index >= 15 is 0 Å². The second kappa shape index (κ2) is 6.92. The molecule has 3 heterocycles. The summed E-state index contributed by atoms with van der Waals surface area (Å²) in [6.07, 6.45) is 4.29. The van der Waals surface area contributed by atoms with Crippen LogP contribution in [0.15, 0.2) is 29.3 Å². The second-order valence-corrected chi connectivity index (χ2v) is 5.91. The molecule has 1 amide bonds. The molecule has 25 heavy (non-hydrogen) atoms. The largest absolute Gasteiger partial charge is 0.330 e. The van der Waals surface area contributed by atoms with Crippen LogP contribution < -0.4 is 11.0 Å². The maximum atomic E-state index is 12.6. The van der Waals surface area contributed by atoms with Crippen LogP contribution in [0.4, 0.5) is 5.82 Å². The molecule has 3 rings (SSSR count). The first kappa shape index (κ1) is 16.9. The highest BCUT2D eigenvalue weighted by molar-refractivity contribution is 5.91. The van der Waals surface area contributed by atoms with Crippen molar-refractivity contribution < 1.29 is 4.79 Å². The molecule has 0 aliphatic heterocycles. The molecule has 0 saturated carbocycles. The molecular weight excluding hydrogens is 320 g/mol. The number of imidazole rings is 1. The third-order valence-corrected chi connectivity index (χ3v) is 4.11. The molecule has 0 aromatic carbocycles. The van der Waals surface area contributed by atoms with Crippen molar-refractivity contribution in [1.82, 2.24) is 23.9 Å². The Hall–Kier alpha value is -2.90. The Morgan fingerprint density at radius 3 is 2.80 bits per heavy atom. The van der Waals surface area contributed by atoms with E-state index < -0.39 is 0 Å². The number of nitrogens with zero attached hydrogens (tertiary/aromatic N) is 5. The van der Waals surface area contributed by atoms with Crippen LogP contribution in [0.2, 0.25) is 0 Å². The van der Waals surface area contributed by atoms with Crippen LogP contribution in [0, 0.1) is 6.92 Å². The lowest BCUT2D eigenvalue weighted by atomic mass is 10.3. The van der Waals surface area contributed by atoms with Crippen molar-refractivity contribution in [2.45, 2.75) is 46.8 Å². The lowest BCUT2D eigenvalue weighted by Gasteiger charge is -2.10. The number of amides is 1. The normalized spacial score (nSPS) is 11.2. The maximum absolute atomic E-state index is 12.6. The van der Waals surface area contributed by atoms with Crippen LogP contribution in [0.3, 0.4) is 0 Å². The SMILES string of the molecule is CCCn1ncc(C)c1NC(=O)Cn1c(=O)n(CC)c2ncccc21. The first-order valence-corrected chi connectivity index (χ1v) is 8.43. The molecule has 0 bridgehead atoms. The van der Waals surface area contributed by atoms with Crippen LogP contribution in [-0.4, -0.2) is 29.8 Å². The van der Waals surface area contributed by atoms with E-state index in [0.717, 1.165) is 18.5 Å². The van der Waals surface area contributed by atoms with Crippen molar-refractivity contribution in [2.75, 3.05) is 5.32 Å². The summed E-state index contributed by atoms with van der Waals surface area (Å²) in [5.41, 5.74) is 1.91. The third-order valence-electron chi connectivity index (χ3n) is 4.11. The molecule has 132 valence electrons. The van der Waals surface area contributed by atoms with E-state index in [4.69, 9.17) is 0 Å². The summed E-state index contributed by atoms with van der Waals surface area (Å²) in [6, 6.07) is 3.56. The Labute approximate surface area is 145 Å². The number of carbonyl (C=O) groups excluding carboxylic acids is 1. The predicted octanol–water partition coefficient (Wildman–Crippen LogP) is 1.77. The van der Waals surface area contributed by atoms with Gasteiger partial charge in [0.05, 0.1) is 11.7 Å². The van der Waals surface area contributed by atoms with E-state index in [1.54, 1.807) is 33.8 Å². The zero-order valence-corrected chi connectivity index (χ0v) is 14.7. The molecule has 1 N–H and O–H groups in total. The van der Waals surface area contributed by atoms with E-state index in [-0.39, 0.29) is 18.1 Å². The van der Waals surface area contributed by atoms with E-state index in [9.17, 15) is 9.59 Å². The number of rotatable bonds is 6. The van der Waals surface area contributed by atoms with Crippen molar-refractivity contribution in [3.05, 3.63) is 40.6 Å².